The van der Waals surface area contributed by atoms with Gasteiger partial charge in [-0.05, 0) is 46.6 Å². The molecule has 2 aliphatic rings. The molecule has 0 aliphatic carbocycles. The highest BCUT2D eigenvalue weighted by atomic mass is 35.5. The molecule has 1 atom stereocenters. The third-order valence-corrected chi connectivity index (χ3v) is 5.82. The predicted molar refractivity (Wildman–Crippen MR) is 123 cm³/mol. The molecule has 176 valence electrons. The molecule has 0 bridgehead atoms. The van der Waals surface area contributed by atoms with Crippen LogP contribution in [0.1, 0.15) is 56.6 Å². The average molecular weight is 474 g/mol. The van der Waals surface area contributed by atoms with Crippen molar-refractivity contribution in [1.29, 1.82) is 0 Å². The van der Waals surface area contributed by atoms with Crippen LogP contribution in [0, 0.1) is 0 Å². The summed E-state index contributed by atoms with van der Waals surface area (Å²) in [7, 11) is 0. The number of fused-ring (bicyclic) bond motifs is 1. The van der Waals surface area contributed by atoms with Crippen LogP contribution in [0.4, 0.5) is 5.95 Å². The van der Waals surface area contributed by atoms with Crippen LogP contribution in [-0.4, -0.2) is 62.6 Å². The Morgan fingerprint density at radius 1 is 1.24 bits per heavy atom. The van der Waals surface area contributed by atoms with Crippen LogP contribution >= 0.6 is 11.6 Å². The highest BCUT2D eigenvalue weighted by Crippen LogP contribution is 2.30. The number of nitrogens with zero attached hydrogens (tertiary/aromatic N) is 4. The number of rotatable bonds is 5. The smallest absolute Gasteiger partial charge is 0.329 e. The van der Waals surface area contributed by atoms with E-state index in [-0.39, 0.29) is 24.2 Å². The first-order chi connectivity index (χ1) is 15.6. The molecule has 4 heterocycles. The van der Waals surface area contributed by atoms with Gasteiger partial charge in [-0.15, -0.1) is 0 Å². The van der Waals surface area contributed by atoms with E-state index in [2.05, 4.69) is 20.3 Å². The average Bonchev–Trinajstić information content (AvgIpc) is 3.10. The van der Waals surface area contributed by atoms with Gasteiger partial charge in [0.25, 0.3) is 5.91 Å². The fourth-order valence-electron chi connectivity index (χ4n) is 3.79. The van der Waals surface area contributed by atoms with Crippen molar-refractivity contribution in [1.82, 2.24) is 19.9 Å². The van der Waals surface area contributed by atoms with E-state index in [9.17, 15) is 9.59 Å². The summed E-state index contributed by atoms with van der Waals surface area (Å²) >= 11 is 6.37. The minimum Gasteiger partial charge on any atom is -0.458 e. The van der Waals surface area contributed by atoms with Gasteiger partial charge in [-0.25, -0.2) is 19.7 Å². The minimum atomic E-state index is -0.729. The lowest BCUT2D eigenvalue weighted by molar-refractivity contribution is -0.159. The first kappa shape index (κ1) is 23.4. The number of carbonyl (C=O) groups excluding carboxylic acids is 2. The van der Waals surface area contributed by atoms with Crippen molar-refractivity contribution in [3.8, 4) is 11.4 Å². The van der Waals surface area contributed by atoms with Gasteiger partial charge < -0.3 is 19.7 Å². The lowest BCUT2D eigenvalue weighted by Crippen LogP contribution is -2.42. The lowest BCUT2D eigenvalue weighted by atomic mass is 10.1. The van der Waals surface area contributed by atoms with Gasteiger partial charge in [0.1, 0.15) is 23.0 Å². The predicted octanol–water partition coefficient (Wildman–Crippen LogP) is 3.47. The summed E-state index contributed by atoms with van der Waals surface area (Å²) in [5.74, 6) is -0.322. The normalized spacial score (nSPS) is 17.6. The van der Waals surface area contributed by atoms with Crippen molar-refractivity contribution < 1.29 is 19.1 Å². The summed E-state index contributed by atoms with van der Waals surface area (Å²) < 4.78 is 10.8. The van der Waals surface area contributed by atoms with E-state index >= 15 is 0 Å². The zero-order valence-electron chi connectivity index (χ0n) is 19.2. The van der Waals surface area contributed by atoms with Crippen molar-refractivity contribution in [2.45, 2.75) is 64.8 Å². The number of carbonyl (C=O) groups is 2. The number of hydrogen-bond acceptors (Lipinski definition) is 8. The van der Waals surface area contributed by atoms with E-state index < -0.39 is 17.6 Å². The first-order valence-corrected chi connectivity index (χ1v) is 11.4. The fraction of sp³-hybridized carbons (Fsp3) is 0.522. The summed E-state index contributed by atoms with van der Waals surface area (Å²) in [6.45, 7) is 8.73. The van der Waals surface area contributed by atoms with Gasteiger partial charge in [-0.2, -0.15) is 0 Å². The number of halogens is 1. The van der Waals surface area contributed by atoms with E-state index in [1.807, 2.05) is 6.07 Å². The second-order valence-electron chi connectivity index (χ2n) is 9.27. The van der Waals surface area contributed by atoms with E-state index in [1.54, 1.807) is 33.8 Å². The summed E-state index contributed by atoms with van der Waals surface area (Å²) in [6, 6.07) is 3.10. The number of amides is 1. The Morgan fingerprint density at radius 2 is 1.97 bits per heavy atom. The van der Waals surface area contributed by atoms with Gasteiger partial charge in [0.2, 0.25) is 5.95 Å². The molecule has 1 amide bonds. The van der Waals surface area contributed by atoms with Gasteiger partial charge in [-0.1, -0.05) is 17.7 Å². The number of nitrogens with one attached hydrogen (secondary N) is 1. The number of ether oxygens (including phenoxy) is 2. The minimum absolute atomic E-state index is 0.227. The quantitative estimate of drug-likeness (QED) is 0.658. The Hall–Kier alpha value is -2.78. The summed E-state index contributed by atoms with van der Waals surface area (Å²) in [6.07, 6.45) is 3.27. The van der Waals surface area contributed by atoms with Crippen LogP contribution in [0.15, 0.2) is 18.3 Å². The van der Waals surface area contributed by atoms with Gasteiger partial charge in [0.15, 0.2) is 0 Å². The molecule has 1 unspecified atom stereocenters. The van der Waals surface area contributed by atoms with E-state index in [4.69, 9.17) is 21.1 Å². The maximum atomic E-state index is 13.1. The molecule has 4 rings (SSSR count). The van der Waals surface area contributed by atoms with Crippen molar-refractivity contribution in [2.24, 2.45) is 0 Å². The van der Waals surface area contributed by atoms with Crippen molar-refractivity contribution in [3.05, 3.63) is 34.6 Å². The van der Waals surface area contributed by atoms with Crippen molar-refractivity contribution >= 4 is 29.4 Å². The van der Waals surface area contributed by atoms with Crippen LogP contribution in [0.2, 0.25) is 5.02 Å². The van der Waals surface area contributed by atoms with Crippen LogP contribution in [0.25, 0.3) is 11.4 Å². The van der Waals surface area contributed by atoms with Crippen LogP contribution in [0.3, 0.4) is 0 Å². The van der Waals surface area contributed by atoms with Gasteiger partial charge in [0, 0.05) is 31.4 Å². The zero-order valence-corrected chi connectivity index (χ0v) is 20.0. The second-order valence-corrected chi connectivity index (χ2v) is 9.68. The number of aromatic nitrogens is 3. The van der Waals surface area contributed by atoms with Crippen LogP contribution in [0.5, 0.6) is 0 Å². The molecule has 0 radical (unpaired) electrons. The zero-order chi connectivity index (χ0) is 23.8. The maximum absolute atomic E-state index is 13.1. The molecule has 0 aromatic carbocycles. The van der Waals surface area contributed by atoms with Gasteiger partial charge >= 0.3 is 5.97 Å². The monoisotopic (exact) mass is 473 g/mol. The SMILES string of the molecule is CC(C(=O)OC(C)(C)C)N1Cc2ccc(-c3nc(NC4CCOCC4)ncc3Cl)nc2C1=O. The molecular formula is C23H28ClN5O4. The molecule has 1 N–H and O–H groups in total. The van der Waals surface area contributed by atoms with E-state index in [0.717, 1.165) is 18.4 Å². The number of pyridine rings is 1. The summed E-state index contributed by atoms with van der Waals surface area (Å²) in [5, 5.41) is 3.65. The van der Waals surface area contributed by atoms with Crippen LogP contribution in [-0.2, 0) is 20.8 Å². The third-order valence-electron chi connectivity index (χ3n) is 5.54. The molecule has 0 spiro atoms. The molecule has 33 heavy (non-hydrogen) atoms. The number of anilines is 1. The maximum Gasteiger partial charge on any atom is 0.329 e. The Kier molecular flexibility index (Phi) is 6.54. The number of hydrogen-bond donors (Lipinski definition) is 1. The fourth-order valence-corrected chi connectivity index (χ4v) is 3.98. The Bertz CT molecular complexity index is 1070. The molecule has 0 saturated carbocycles. The highest BCUT2D eigenvalue weighted by molar-refractivity contribution is 6.32. The number of esters is 1. The molecule has 2 aliphatic heterocycles. The second kappa shape index (κ2) is 9.23. The molecule has 2 aromatic heterocycles. The molecule has 10 heteroatoms. The first-order valence-electron chi connectivity index (χ1n) is 11.0. The largest absolute Gasteiger partial charge is 0.458 e. The lowest BCUT2D eigenvalue weighted by Gasteiger charge is -2.27. The summed E-state index contributed by atoms with van der Waals surface area (Å²) in [4.78, 5) is 40.4. The topological polar surface area (TPSA) is 107 Å². The third kappa shape index (κ3) is 5.25. The van der Waals surface area contributed by atoms with E-state index in [0.29, 0.717) is 35.6 Å². The van der Waals surface area contributed by atoms with Crippen LogP contribution < -0.4 is 5.32 Å². The molecule has 1 saturated heterocycles. The van der Waals surface area contributed by atoms with Crippen molar-refractivity contribution in [2.75, 3.05) is 18.5 Å². The summed E-state index contributed by atoms with van der Waals surface area (Å²) in [5.41, 5.74) is 1.31. The Labute approximate surface area is 197 Å². The highest BCUT2D eigenvalue weighted by Gasteiger charge is 2.37. The molecule has 9 nitrogen and oxygen atoms in total. The van der Waals surface area contributed by atoms with E-state index in [1.165, 1.54) is 11.1 Å². The Morgan fingerprint density at radius 3 is 2.67 bits per heavy atom. The molecule has 2 aromatic rings. The Balaban J connectivity index is 1.55. The molecule has 1 fully saturated rings. The molecular weight excluding hydrogens is 446 g/mol. The van der Waals surface area contributed by atoms with Crippen molar-refractivity contribution in [3.63, 3.8) is 0 Å². The standard InChI is InChI=1S/C23H28ClN5O4/c1-13(21(31)33-23(2,3)4)29-12-14-5-6-17(27-18(14)20(29)30)19-16(24)11-25-22(28-19)26-15-7-9-32-10-8-15/h5-6,11,13,15H,7-10,12H2,1-4H3,(H,25,26,28). The van der Waals surface area contributed by atoms with Gasteiger partial charge in [0.05, 0.1) is 16.9 Å². The van der Waals surface area contributed by atoms with Gasteiger partial charge in [-0.3, -0.25) is 4.79 Å².